The van der Waals surface area contributed by atoms with Crippen LogP contribution in [0.4, 0.5) is 0 Å². The summed E-state index contributed by atoms with van der Waals surface area (Å²) in [6, 6.07) is 12.5. The number of rotatable bonds is 18. The van der Waals surface area contributed by atoms with Crippen LogP contribution >= 0.6 is 0 Å². The second kappa shape index (κ2) is 15.8. The number of unbranched alkanes of at least 4 members (excludes halogenated alkanes) is 6. The predicted molar refractivity (Wildman–Crippen MR) is 139 cm³/mol. The third kappa shape index (κ3) is 10.6. The molecule has 0 aliphatic heterocycles. The molecule has 0 amide bonds. The van der Waals surface area contributed by atoms with Gasteiger partial charge in [-0.3, -0.25) is 0 Å². The summed E-state index contributed by atoms with van der Waals surface area (Å²) in [5.74, 6) is 1.04. The van der Waals surface area contributed by atoms with E-state index in [0.29, 0.717) is 24.3 Å². The van der Waals surface area contributed by atoms with E-state index in [1.807, 2.05) is 0 Å². The minimum absolute atomic E-state index is 0.168. The van der Waals surface area contributed by atoms with Gasteiger partial charge in [-0.25, -0.2) is 8.42 Å². The van der Waals surface area contributed by atoms with Gasteiger partial charge in [-0.05, 0) is 61.4 Å². The average Bonchev–Trinajstić information content (AvgIpc) is 2.87. The highest BCUT2D eigenvalue weighted by molar-refractivity contribution is 7.91. The second-order valence-electron chi connectivity index (χ2n) is 9.07. The summed E-state index contributed by atoms with van der Waals surface area (Å²) in [6.07, 6.45) is 9.14. The maximum atomic E-state index is 13.0. The van der Waals surface area contributed by atoms with E-state index in [4.69, 9.17) is 9.47 Å². The molecule has 2 atom stereocenters. The van der Waals surface area contributed by atoms with Crippen molar-refractivity contribution in [1.29, 1.82) is 0 Å². The Morgan fingerprint density at radius 1 is 0.629 bits per heavy atom. The van der Waals surface area contributed by atoms with Crippen LogP contribution in [-0.2, 0) is 9.84 Å². The van der Waals surface area contributed by atoms with Crippen LogP contribution < -0.4 is 9.47 Å². The minimum Gasteiger partial charge on any atom is -0.491 e. The van der Waals surface area contributed by atoms with Crippen LogP contribution in [0.2, 0.25) is 0 Å². The number of hydrogen-bond acceptors (Lipinski definition) is 6. The summed E-state index contributed by atoms with van der Waals surface area (Å²) in [6.45, 7) is 4.67. The summed E-state index contributed by atoms with van der Waals surface area (Å²) in [4.78, 5) is 0.335. The molecule has 0 heterocycles. The Balaban J connectivity index is 1.84. The Kier molecular flexibility index (Phi) is 13.2. The number of aliphatic hydroxyl groups is 2. The molecule has 2 aromatic rings. The molecule has 0 radical (unpaired) electrons. The van der Waals surface area contributed by atoms with Gasteiger partial charge < -0.3 is 19.7 Å². The zero-order valence-corrected chi connectivity index (χ0v) is 22.0. The molecule has 0 saturated carbocycles. The van der Waals surface area contributed by atoms with E-state index >= 15 is 0 Å². The molecular formula is C28H42O6S. The van der Waals surface area contributed by atoms with Crippen molar-refractivity contribution in [2.45, 2.75) is 100 Å². The first-order valence-corrected chi connectivity index (χ1v) is 14.4. The molecule has 0 aliphatic rings. The van der Waals surface area contributed by atoms with Crippen molar-refractivity contribution in [3.8, 4) is 11.5 Å². The van der Waals surface area contributed by atoms with E-state index in [0.717, 1.165) is 38.5 Å². The average molecular weight is 507 g/mol. The highest BCUT2D eigenvalue weighted by atomic mass is 32.2. The fourth-order valence-corrected chi connectivity index (χ4v) is 4.99. The van der Waals surface area contributed by atoms with E-state index < -0.39 is 22.0 Å². The van der Waals surface area contributed by atoms with Gasteiger partial charge in [0.25, 0.3) is 0 Å². The van der Waals surface area contributed by atoms with Gasteiger partial charge in [0.2, 0.25) is 9.84 Å². The van der Waals surface area contributed by atoms with Gasteiger partial charge in [0, 0.05) is 0 Å². The summed E-state index contributed by atoms with van der Waals surface area (Å²) >= 11 is 0. The molecule has 2 unspecified atom stereocenters. The highest BCUT2D eigenvalue weighted by Crippen LogP contribution is 2.25. The molecule has 196 valence electrons. The minimum atomic E-state index is -3.68. The molecule has 0 spiro atoms. The van der Waals surface area contributed by atoms with Crippen LogP contribution in [0.5, 0.6) is 11.5 Å². The van der Waals surface area contributed by atoms with Crippen molar-refractivity contribution in [3.63, 3.8) is 0 Å². The van der Waals surface area contributed by atoms with Gasteiger partial charge in [0.15, 0.2) is 0 Å². The smallest absolute Gasteiger partial charge is 0.206 e. The standard InChI is InChI=1S/C28H42O6S/c1-3-5-7-9-11-23(29)21-33-25-13-17-27(18-14-25)35(31,32)28-19-15-26(16-20-28)34-22-24(30)12-10-8-6-4-2/h13-20,23-24,29-30H,3-12,21-22H2,1-2H3. The largest absolute Gasteiger partial charge is 0.491 e. The lowest BCUT2D eigenvalue weighted by Gasteiger charge is -2.13. The first-order chi connectivity index (χ1) is 16.9. The predicted octanol–water partition coefficient (Wildman–Crippen LogP) is 5.94. The first-order valence-electron chi connectivity index (χ1n) is 12.9. The third-order valence-corrected chi connectivity index (χ3v) is 7.72. The molecule has 0 saturated heterocycles. The van der Waals surface area contributed by atoms with Gasteiger partial charge in [-0.1, -0.05) is 65.2 Å². The molecular weight excluding hydrogens is 464 g/mol. The zero-order chi connectivity index (χ0) is 25.5. The number of benzene rings is 2. The molecule has 2 aromatic carbocycles. The van der Waals surface area contributed by atoms with Crippen molar-refractivity contribution in [1.82, 2.24) is 0 Å². The molecule has 35 heavy (non-hydrogen) atoms. The van der Waals surface area contributed by atoms with E-state index in [2.05, 4.69) is 13.8 Å². The molecule has 0 aromatic heterocycles. The molecule has 6 nitrogen and oxygen atoms in total. The summed E-state index contributed by atoms with van der Waals surface area (Å²) < 4.78 is 37.2. The summed E-state index contributed by atoms with van der Waals surface area (Å²) in [5.41, 5.74) is 0. The lowest BCUT2D eigenvalue weighted by atomic mass is 10.1. The Morgan fingerprint density at radius 3 is 1.34 bits per heavy atom. The molecule has 7 heteroatoms. The Bertz CT molecular complexity index is 853. The van der Waals surface area contributed by atoms with Crippen molar-refractivity contribution < 1.29 is 28.1 Å². The van der Waals surface area contributed by atoms with E-state index in [9.17, 15) is 18.6 Å². The monoisotopic (exact) mass is 506 g/mol. The van der Waals surface area contributed by atoms with Crippen LogP contribution in [0.3, 0.4) is 0 Å². The fourth-order valence-electron chi connectivity index (χ4n) is 3.73. The zero-order valence-electron chi connectivity index (χ0n) is 21.2. The van der Waals surface area contributed by atoms with Gasteiger partial charge in [-0.2, -0.15) is 0 Å². The SMILES string of the molecule is CCCCCCC(O)COc1ccc(S(=O)(=O)c2ccc(OCC(O)CCCCCC)cc2)cc1. The van der Waals surface area contributed by atoms with Gasteiger partial charge in [0.05, 0.1) is 22.0 Å². The maximum absolute atomic E-state index is 13.0. The van der Waals surface area contributed by atoms with Crippen molar-refractivity contribution in [2.75, 3.05) is 13.2 Å². The van der Waals surface area contributed by atoms with Crippen LogP contribution in [0.1, 0.15) is 78.1 Å². The molecule has 0 fully saturated rings. The third-order valence-electron chi connectivity index (χ3n) is 5.93. The summed E-state index contributed by atoms with van der Waals surface area (Å²) in [7, 11) is -3.68. The van der Waals surface area contributed by atoms with E-state index in [-0.39, 0.29) is 23.0 Å². The number of ether oxygens (including phenoxy) is 2. The Morgan fingerprint density at radius 2 is 1.00 bits per heavy atom. The topological polar surface area (TPSA) is 93.1 Å². The van der Waals surface area contributed by atoms with Crippen LogP contribution in [0.15, 0.2) is 58.3 Å². The van der Waals surface area contributed by atoms with E-state index in [1.54, 1.807) is 24.3 Å². The van der Waals surface area contributed by atoms with Crippen LogP contribution in [-0.4, -0.2) is 44.1 Å². The van der Waals surface area contributed by atoms with Crippen molar-refractivity contribution in [3.05, 3.63) is 48.5 Å². The summed E-state index contributed by atoms with van der Waals surface area (Å²) in [5, 5.41) is 20.1. The molecule has 2 rings (SSSR count). The normalized spacial score (nSPS) is 13.4. The molecule has 2 N–H and O–H groups in total. The van der Waals surface area contributed by atoms with Crippen LogP contribution in [0, 0.1) is 0 Å². The quantitative estimate of drug-likeness (QED) is 0.243. The Labute approximate surface area is 211 Å². The number of sulfone groups is 1. The highest BCUT2D eigenvalue weighted by Gasteiger charge is 2.18. The van der Waals surface area contributed by atoms with Gasteiger partial charge >= 0.3 is 0 Å². The second-order valence-corrected chi connectivity index (χ2v) is 11.0. The fraction of sp³-hybridized carbons (Fsp3) is 0.571. The van der Waals surface area contributed by atoms with Gasteiger partial charge in [-0.15, -0.1) is 0 Å². The lowest BCUT2D eigenvalue weighted by molar-refractivity contribution is 0.0974. The van der Waals surface area contributed by atoms with Crippen molar-refractivity contribution >= 4 is 9.84 Å². The van der Waals surface area contributed by atoms with Crippen molar-refractivity contribution in [2.24, 2.45) is 0 Å². The van der Waals surface area contributed by atoms with Crippen LogP contribution in [0.25, 0.3) is 0 Å². The molecule has 0 bridgehead atoms. The lowest BCUT2D eigenvalue weighted by Crippen LogP contribution is -2.17. The first kappa shape index (κ1) is 29.1. The van der Waals surface area contributed by atoms with E-state index in [1.165, 1.54) is 37.1 Å². The molecule has 0 aliphatic carbocycles. The van der Waals surface area contributed by atoms with Gasteiger partial charge in [0.1, 0.15) is 24.7 Å². The maximum Gasteiger partial charge on any atom is 0.206 e. The Hall–Kier alpha value is -2.09. The number of aliphatic hydroxyl groups excluding tert-OH is 2. The number of hydrogen-bond donors (Lipinski definition) is 2.